The van der Waals surface area contributed by atoms with E-state index in [1.807, 2.05) is 24.4 Å². The molecule has 0 bridgehead atoms. The molecule has 7 heteroatoms. The number of nitrogens with zero attached hydrogens (tertiary/aromatic N) is 2. The van der Waals surface area contributed by atoms with Gasteiger partial charge in [-0.1, -0.05) is 15.9 Å². The molecule has 2 amide bonds. The van der Waals surface area contributed by atoms with Crippen LogP contribution in [-0.4, -0.2) is 36.9 Å². The number of aryl methyl sites for hydroxylation is 1. The van der Waals surface area contributed by atoms with Crippen LogP contribution in [0.1, 0.15) is 10.4 Å². The molecule has 3 rings (SSSR count). The van der Waals surface area contributed by atoms with Crippen molar-refractivity contribution in [2.45, 2.75) is 13.5 Å². The molecule has 0 aliphatic carbocycles. The van der Waals surface area contributed by atoms with Crippen molar-refractivity contribution in [3.63, 3.8) is 0 Å². The number of likely N-dealkylation sites (N-methyl/N-ethyl adjacent to an activating group) is 1. The van der Waals surface area contributed by atoms with E-state index in [1.54, 1.807) is 35.4 Å². The van der Waals surface area contributed by atoms with Gasteiger partial charge in [-0.3, -0.25) is 14.5 Å². The summed E-state index contributed by atoms with van der Waals surface area (Å²) in [4.78, 5) is 29.0. The fourth-order valence-electron chi connectivity index (χ4n) is 2.48. The number of carbonyl (C=O) groups excluding carboxylic acids is 2. The summed E-state index contributed by atoms with van der Waals surface area (Å²) in [6.45, 7) is 2.54. The quantitative estimate of drug-likeness (QED) is 0.780. The third kappa shape index (κ3) is 3.47. The summed E-state index contributed by atoms with van der Waals surface area (Å²) < 4.78 is 6.31. The number of ether oxygens (including phenoxy) is 1. The lowest BCUT2D eigenvalue weighted by molar-refractivity contribution is -0.131. The molecule has 0 atom stereocenters. The number of rotatable bonds is 4. The van der Waals surface area contributed by atoms with Gasteiger partial charge in [-0.2, -0.15) is 0 Å². The number of carbonyl (C=O) groups is 2. The van der Waals surface area contributed by atoms with Crippen molar-refractivity contribution in [3.8, 4) is 5.75 Å². The first-order valence-corrected chi connectivity index (χ1v) is 9.12. The number of hydrogen-bond donors (Lipinski definition) is 0. The van der Waals surface area contributed by atoms with Crippen LogP contribution in [0.3, 0.4) is 0 Å². The summed E-state index contributed by atoms with van der Waals surface area (Å²) in [6, 6.07) is 7.46. The maximum absolute atomic E-state index is 12.6. The van der Waals surface area contributed by atoms with Gasteiger partial charge in [0, 0.05) is 16.4 Å². The first kappa shape index (κ1) is 17.0. The fraction of sp³-hybridized carbons (Fsp3) is 0.294. The SMILES string of the molecule is Cc1ccsc1CN(C)C(=O)CN1C(=O)COc2cc(Br)ccc21. The van der Waals surface area contributed by atoms with Gasteiger partial charge in [0.2, 0.25) is 5.91 Å². The van der Waals surface area contributed by atoms with Gasteiger partial charge < -0.3 is 9.64 Å². The van der Waals surface area contributed by atoms with Gasteiger partial charge >= 0.3 is 0 Å². The van der Waals surface area contributed by atoms with Crippen LogP contribution >= 0.6 is 27.3 Å². The number of anilines is 1. The molecule has 0 N–H and O–H groups in total. The van der Waals surface area contributed by atoms with E-state index in [9.17, 15) is 9.59 Å². The lowest BCUT2D eigenvalue weighted by atomic mass is 10.2. The van der Waals surface area contributed by atoms with Gasteiger partial charge in [-0.25, -0.2) is 0 Å². The van der Waals surface area contributed by atoms with Crippen LogP contribution in [0.4, 0.5) is 5.69 Å². The summed E-state index contributed by atoms with van der Waals surface area (Å²) in [6.07, 6.45) is 0. The van der Waals surface area contributed by atoms with E-state index in [4.69, 9.17) is 4.74 Å². The van der Waals surface area contributed by atoms with Crippen LogP contribution in [0.15, 0.2) is 34.1 Å². The molecule has 1 aliphatic heterocycles. The minimum absolute atomic E-state index is 0.0117. The van der Waals surface area contributed by atoms with Crippen LogP contribution in [0, 0.1) is 6.92 Å². The summed E-state index contributed by atoms with van der Waals surface area (Å²) >= 11 is 5.01. The molecule has 0 radical (unpaired) electrons. The van der Waals surface area contributed by atoms with Crippen molar-refractivity contribution >= 4 is 44.8 Å². The Balaban J connectivity index is 1.74. The van der Waals surface area contributed by atoms with E-state index in [0.29, 0.717) is 18.0 Å². The van der Waals surface area contributed by atoms with Gasteiger partial charge in [0.1, 0.15) is 12.3 Å². The zero-order chi connectivity index (χ0) is 17.3. The molecular weight excluding hydrogens is 392 g/mol. The Bertz CT molecular complexity index is 790. The molecule has 0 fully saturated rings. The third-order valence-corrected chi connectivity index (χ3v) is 5.43. The zero-order valence-electron chi connectivity index (χ0n) is 13.4. The molecule has 2 heterocycles. The second-order valence-corrected chi connectivity index (χ2v) is 7.57. The molecule has 1 aromatic carbocycles. The van der Waals surface area contributed by atoms with Crippen molar-refractivity contribution in [3.05, 3.63) is 44.6 Å². The lowest BCUT2D eigenvalue weighted by Gasteiger charge is -2.30. The van der Waals surface area contributed by atoms with E-state index in [-0.39, 0.29) is 25.0 Å². The molecule has 0 unspecified atom stereocenters. The highest BCUT2D eigenvalue weighted by Crippen LogP contribution is 2.34. The van der Waals surface area contributed by atoms with Crippen molar-refractivity contribution in [1.29, 1.82) is 0 Å². The highest BCUT2D eigenvalue weighted by Gasteiger charge is 2.28. The normalized spacial score (nSPS) is 13.5. The molecule has 126 valence electrons. The minimum Gasteiger partial charge on any atom is -0.482 e. The van der Waals surface area contributed by atoms with E-state index >= 15 is 0 Å². The molecule has 0 saturated carbocycles. The highest BCUT2D eigenvalue weighted by molar-refractivity contribution is 9.10. The first-order valence-electron chi connectivity index (χ1n) is 7.45. The second kappa shape index (κ2) is 6.94. The maximum Gasteiger partial charge on any atom is 0.265 e. The number of halogens is 1. The van der Waals surface area contributed by atoms with Gasteiger partial charge in [0.25, 0.3) is 5.91 Å². The van der Waals surface area contributed by atoms with Crippen molar-refractivity contribution in [2.75, 3.05) is 25.1 Å². The Labute approximate surface area is 153 Å². The van der Waals surface area contributed by atoms with Gasteiger partial charge in [0.05, 0.1) is 12.2 Å². The Morgan fingerprint density at radius 3 is 2.92 bits per heavy atom. The second-order valence-electron chi connectivity index (χ2n) is 5.66. The number of benzene rings is 1. The predicted molar refractivity (Wildman–Crippen MR) is 97.5 cm³/mol. The van der Waals surface area contributed by atoms with Crippen molar-refractivity contribution in [2.24, 2.45) is 0 Å². The van der Waals surface area contributed by atoms with Crippen LogP contribution < -0.4 is 9.64 Å². The van der Waals surface area contributed by atoms with Crippen LogP contribution in [0.2, 0.25) is 0 Å². The first-order chi connectivity index (χ1) is 11.5. The Morgan fingerprint density at radius 2 is 2.21 bits per heavy atom. The summed E-state index contributed by atoms with van der Waals surface area (Å²) in [7, 11) is 1.76. The summed E-state index contributed by atoms with van der Waals surface area (Å²) in [5.41, 5.74) is 1.81. The summed E-state index contributed by atoms with van der Waals surface area (Å²) in [5, 5.41) is 2.02. The van der Waals surface area contributed by atoms with Crippen LogP contribution in [0.5, 0.6) is 5.75 Å². The fourth-order valence-corrected chi connectivity index (χ4v) is 3.78. The monoisotopic (exact) mass is 408 g/mol. The van der Waals surface area contributed by atoms with Crippen molar-refractivity contribution in [1.82, 2.24) is 4.90 Å². The lowest BCUT2D eigenvalue weighted by Crippen LogP contribution is -2.45. The van der Waals surface area contributed by atoms with Crippen LogP contribution in [-0.2, 0) is 16.1 Å². The zero-order valence-corrected chi connectivity index (χ0v) is 15.8. The Kier molecular flexibility index (Phi) is 4.91. The molecule has 0 spiro atoms. The molecule has 1 aromatic heterocycles. The topological polar surface area (TPSA) is 49.9 Å². The number of fused-ring (bicyclic) bond motifs is 1. The van der Waals surface area contributed by atoms with E-state index < -0.39 is 0 Å². The number of thiophene rings is 1. The largest absolute Gasteiger partial charge is 0.482 e. The molecule has 2 aromatic rings. The highest BCUT2D eigenvalue weighted by atomic mass is 79.9. The number of hydrogen-bond acceptors (Lipinski definition) is 4. The predicted octanol–water partition coefficient (Wildman–Crippen LogP) is 3.20. The van der Waals surface area contributed by atoms with Gasteiger partial charge in [-0.05, 0) is 42.1 Å². The van der Waals surface area contributed by atoms with Crippen molar-refractivity contribution < 1.29 is 14.3 Å². The molecule has 0 saturated heterocycles. The maximum atomic E-state index is 12.6. The standard InChI is InChI=1S/C17H17BrN2O3S/c1-11-5-6-24-15(11)8-19(2)16(21)9-20-13-4-3-12(18)7-14(13)23-10-17(20)22/h3-7H,8-10H2,1-2H3. The van der Waals surface area contributed by atoms with E-state index in [2.05, 4.69) is 15.9 Å². The number of amides is 2. The molecule has 1 aliphatic rings. The Morgan fingerprint density at radius 1 is 1.42 bits per heavy atom. The molecule has 5 nitrogen and oxygen atoms in total. The minimum atomic E-state index is -0.209. The average Bonchev–Trinajstić information content (AvgIpc) is 2.95. The molecular formula is C17H17BrN2O3S. The van der Waals surface area contributed by atoms with E-state index in [0.717, 1.165) is 9.35 Å². The Hall–Kier alpha value is -1.86. The van der Waals surface area contributed by atoms with Gasteiger partial charge in [0.15, 0.2) is 6.61 Å². The molecule has 24 heavy (non-hydrogen) atoms. The average molecular weight is 409 g/mol. The van der Waals surface area contributed by atoms with Crippen LogP contribution in [0.25, 0.3) is 0 Å². The third-order valence-electron chi connectivity index (χ3n) is 3.93. The smallest absolute Gasteiger partial charge is 0.265 e. The summed E-state index contributed by atoms with van der Waals surface area (Å²) in [5.74, 6) is 0.291. The van der Waals surface area contributed by atoms with E-state index in [1.165, 1.54) is 10.5 Å². The van der Waals surface area contributed by atoms with Gasteiger partial charge in [-0.15, -0.1) is 11.3 Å².